The maximum absolute atomic E-state index is 14.8. The third kappa shape index (κ3) is 19.1. The molecule has 1 N–H and O–H groups in total. The third-order valence-corrected chi connectivity index (χ3v) is 17.2. The molecule has 0 saturated carbocycles. The van der Waals surface area contributed by atoms with Gasteiger partial charge in [-0.15, -0.1) is 13.2 Å². The minimum Gasteiger partial charge on any atom is -0.447 e. The molecule has 1 saturated heterocycles. The minimum atomic E-state index is -2.00. The van der Waals surface area contributed by atoms with Crippen molar-refractivity contribution < 1.29 is 33.3 Å². The van der Waals surface area contributed by atoms with Crippen molar-refractivity contribution >= 4 is 20.3 Å². The number of amides is 2. The first-order chi connectivity index (χ1) is 29.3. The summed E-state index contributed by atoms with van der Waals surface area (Å²) in [6.45, 7) is 22.1. The Morgan fingerprint density at radius 2 is 1.39 bits per heavy atom. The fraction of sp³-hybridized carbons (Fsp3) is 0.654. The van der Waals surface area contributed by atoms with Gasteiger partial charge in [0.25, 0.3) is 5.91 Å². The number of ether oxygens (including phenoxy) is 3. The molecule has 8 nitrogen and oxygen atoms in total. The molecule has 0 bridgehead atoms. The quantitative estimate of drug-likeness (QED) is 0.0434. The van der Waals surface area contributed by atoms with E-state index in [1.54, 1.807) is 6.08 Å². The van der Waals surface area contributed by atoms with E-state index in [1.165, 1.54) is 49.8 Å². The summed E-state index contributed by atoms with van der Waals surface area (Å²) in [5.74, 6) is -0.571. The number of nitrogens with zero attached hydrogens (tertiary/aromatic N) is 1. The van der Waals surface area contributed by atoms with E-state index in [4.69, 9.17) is 18.6 Å². The number of rotatable bonds is 33. The van der Waals surface area contributed by atoms with Gasteiger partial charge in [-0.25, -0.2) is 9.69 Å². The molecule has 6 atom stereocenters. The molecule has 61 heavy (non-hydrogen) atoms. The van der Waals surface area contributed by atoms with Crippen molar-refractivity contribution in [2.45, 2.75) is 211 Å². The van der Waals surface area contributed by atoms with Gasteiger partial charge in [-0.1, -0.05) is 178 Å². The number of allylic oxidation sites excluding steroid dienone is 1. The lowest BCUT2D eigenvalue weighted by atomic mass is 9.99. The van der Waals surface area contributed by atoms with Gasteiger partial charge < -0.3 is 23.7 Å². The van der Waals surface area contributed by atoms with Crippen LogP contribution in [-0.4, -0.2) is 73.5 Å². The van der Waals surface area contributed by atoms with E-state index in [0.717, 1.165) is 62.5 Å². The normalized spacial score (nSPS) is 17.1. The maximum atomic E-state index is 14.8. The summed E-state index contributed by atoms with van der Waals surface area (Å²) in [4.78, 5) is 29.3. The van der Waals surface area contributed by atoms with Crippen LogP contribution in [0.5, 0.6) is 0 Å². The molecular formula is C52H83NO7Si. The second-order valence-electron chi connectivity index (χ2n) is 18.8. The Bertz CT molecular complexity index is 1510. The Morgan fingerprint density at radius 3 is 1.98 bits per heavy atom. The predicted octanol–water partition coefficient (Wildman–Crippen LogP) is 13.1. The molecule has 0 radical (unpaired) electrons. The summed E-state index contributed by atoms with van der Waals surface area (Å²) < 4.78 is 25.7. The van der Waals surface area contributed by atoms with Gasteiger partial charge in [0, 0.05) is 6.10 Å². The number of aliphatic hydroxyl groups is 1. The van der Waals surface area contributed by atoms with Crippen LogP contribution in [-0.2, 0) is 36.5 Å². The van der Waals surface area contributed by atoms with E-state index in [9.17, 15) is 14.7 Å². The van der Waals surface area contributed by atoms with Gasteiger partial charge in [-0.3, -0.25) is 4.79 Å². The fourth-order valence-electron chi connectivity index (χ4n) is 7.86. The number of cyclic esters (lactones) is 1. The molecule has 1 aliphatic heterocycles. The highest BCUT2D eigenvalue weighted by Gasteiger charge is 2.45. The first kappa shape index (κ1) is 52.3. The Morgan fingerprint density at radius 1 is 0.836 bits per heavy atom. The summed E-state index contributed by atoms with van der Waals surface area (Å²) in [6, 6.07) is 19.2. The molecule has 0 aromatic heterocycles. The summed E-state index contributed by atoms with van der Waals surface area (Å²) in [5.41, 5.74) is 2.01. The van der Waals surface area contributed by atoms with Crippen molar-refractivity contribution in [3.63, 3.8) is 0 Å². The largest absolute Gasteiger partial charge is 0.447 e. The summed E-state index contributed by atoms with van der Waals surface area (Å²) in [5, 5.41) is 12.2. The van der Waals surface area contributed by atoms with Crippen molar-refractivity contribution in [1.29, 1.82) is 0 Å². The zero-order valence-electron chi connectivity index (χ0n) is 39.0. The molecule has 2 aromatic rings. The molecule has 1 fully saturated rings. The highest BCUT2D eigenvalue weighted by Crippen LogP contribution is 2.38. The summed E-state index contributed by atoms with van der Waals surface area (Å²) >= 11 is 0. The number of benzene rings is 2. The first-order valence-electron chi connectivity index (χ1n) is 23.7. The Labute approximate surface area is 372 Å². The number of unbranched alkanes of at least 4 members (excludes halogenated alkanes) is 11. The standard InChI is InChI=1S/C52H83NO7Si/c1-9-12-14-15-16-17-18-19-20-28-38-48(47(11-3)57-40-43-33-26-22-27-34-43)59-49(50(55)53-44(41-58-51(53)56)39-42-31-24-21-25-32-42)46(54)37-30-29-36-45(35-23-13-10-2)60-61(7,8)52(4,5)6/h10-11,21-22,24-27,31-34,44-49,54H,2-3,9,12-20,23,28-30,35-41H2,1,4-8H3/t44-,45+,46+,47+,48+,49-/m0/s1. The monoisotopic (exact) mass is 862 g/mol. The summed E-state index contributed by atoms with van der Waals surface area (Å²) in [7, 11) is -2.00. The van der Waals surface area contributed by atoms with Crippen LogP contribution in [0.4, 0.5) is 4.79 Å². The number of hydrogen-bond acceptors (Lipinski definition) is 7. The van der Waals surface area contributed by atoms with Crippen LogP contribution in [0.2, 0.25) is 18.1 Å². The number of aliphatic hydroxyl groups excluding tert-OH is 1. The van der Waals surface area contributed by atoms with E-state index in [1.807, 2.05) is 66.7 Å². The second kappa shape index (κ2) is 28.6. The smallest absolute Gasteiger partial charge is 0.417 e. The van der Waals surface area contributed by atoms with Crippen LogP contribution in [0.25, 0.3) is 0 Å². The topological polar surface area (TPSA) is 94.5 Å². The molecule has 9 heteroatoms. The van der Waals surface area contributed by atoms with E-state index >= 15 is 0 Å². The predicted molar refractivity (Wildman–Crippen MR) is 253 cm³/mol. The molecule has 3 rings (SSSR count). The molecule has 1 heterocycles. The van der Waals surface area contributed by atoms with Crippen LogP contribution < -0.4 is 0 Å². The van der Waals surface area contributed by atoms with Crippen LogP contribution in [0, 0.1) is 0 Å². The minimum absolute atomic E-state index is 0.0846. The van der Waals surface area contributed by atoms with Crippen molar-refractivity contribution in [3.8, 4) is 0 Å². The molecule has 1 aliphatic rings. The van der Waals surface area contributed by atoms with E-state index < -0.39 is 50.8 Å². The van der Waals surface area contributed by atoms with Crippen LogP contribution in [0.3, 0.4) is 0 Å². The van der Waals surface area contributed by atoms with Crippen molar-refractivity contribution in [2.24, 2.45) is 0 Å². The van der Waals surface area contributed by atoms with Crippen molar-refractivity contribution in [1.82, 2.24) is 4.90 Å². The molecule has 0 unspecified atom stereocenters. The third-order valence-electron chi connectivity index (χ3n) is 12.6. The fourth-order valence-corrected chi connectivity index (χ4v) is 9.29. The molecule has 2 aromatic carbocycles. The Balaban J connectivity index is 1.82. The van der Waals surface area contributed by atoms with Gasteiger partial charge in [-0.2, -0.15) is 0 Å². The lowest BCUT2D eigenvalue weighted by Gasteiger charge is -2.39. The molecule has 0 spiro atoms. The number of imide groups is 1. The van der Waals surface area contributed by atoms with E-state index in [-0.39, 0.29) is 17.7 Å². The highest BCUT2D eigenvalue weighted by atomic mass is 28.4. The SMILES string of the molecule is C=CCCC[C@H](CCCC[C@@H](O)[C@H](O[C@H](CCCCCCCCCCCC)[C@@H](C=C)OCc1ccccc1)C(=O)N1C(=O)OC[C@@H]1Cc1ccccc1)O[Si](C)(C)C(C)(C)C. The molecule has 342 valence electrons. The average molecular weight is 862 g/mol. The van der Waals surface area contributed by atoms with Gasteiger partial charge in [0.2, 0.25) is 0 Å². The number of carbonyl (C=O) groups is 2. The van der Waals surface area contributed by atoms with Crippen LogP contribution in [0.15, 0.2) is 86.0 Å². The number of carbonyl (C=O) groups excluding carboxylic acids is 2. The van der Waals surface area contributed by atoms with Gasteiger partial charge in [0.05, 0.1) is 24.9 Å². The lowest BCUT2D eigenvalue weighted by Crippen LogP contribution is -2.52. The zero-order valence-corrected chi connectivity index (χ0v) is 40.0. The van der Waals surface area contributed by atoms with Gasteiger partial charge in [-0.05, 0) is 74.2 Å². The van der Waals surface area contributed by atoms with E-state index in [2.05, 4.69) is 53.9 Å². The van der Waals surface area contributed by atoms with Crippen molar-refractivity contribution in [3.05, 3.63) is 97.1 Å². The highest BCUT2D eigenvalue weighted by molar-refractivity contribution is 6.74. The van der Waals surface area contributed by atoms with Crippen LogP contribution in [0.1, 0.15) is 154 Å². The van der Waals surface area contributed by atoms with E-state index in [0.29, 0.717) is 32.3 Å². The number of hydrogen-bond donors (Lipinski definition) is 1. The molecule has 0 aliphatic carbocycles. The van der Waals surface area contributed by atoms with Crippen LogP contribution >= 0.6 is 0 Å². The van der Waals surface area contributed by atoms with Crippen molar-refractivity contribution in [2.75, 3.05) is 6.61 Å². The molecular weight excluding hydrogens is 779 g/mol. The maximum Gasteiger partial charge on any atom is 0.417 e. The van der Waals surface area contributed by atoms with Gasteiger partial charge in [0.1, 0.15) is 12.7 Å². The lowest BCUT2D eigenvalue weighted by molar-refractivity contribution is -0.165. The summed E-state index contributed by atoms with van der Waals surface area (Å²) in [6.07, 6.45) is 18.2. The van der Waals surface area contributed by atoms with Gasteiger partial charge in [0.15, 0.2) is 14.4 Å². The van der Waals surface area contributed by atoms with Gasteiger partial charge >= 0.3 is 6.09 Å². The first-order valence-corrected chi connectivity index (χ1v) is 26.7. The average Bonchev–Trinajstić information content (AvgIpc) is 3.60. The zero-order chi connectivity index (χ0) is 44.5. The molecule has 2 amide bonds. The second-order valence-corrected chi connectivity index (χ2v) is 23.5. The Kier molecular flexibility index (Phi) is 24.5. The Hall–Kier alpha value is -3.08.